The van der Waals surface area contributed by atoms with E-state index in [2.05, 4.69) is 12.1 Å². The number of carbonyl (C=O) groups excluding carboxylic acids is 1. The Morgan fingerprint density at radius 3 is 2.70 bits per heavy atom. The summed E-state index contributed by atoms with van der Waals surface area (Å²) in [7, 11) is 3.26. The third-order valence-electron chi connectivity index (χ3n) is 5.31. The molecule has 2 heterocycles. The van der Waals surface area contributed by atoms with Crippen LogP contribution in [0.1, 0.15) is 16.5 Å². The molecule has 7 heteroatoms. The quantitative estimate of drug-likeness (QED) is 0.635. The van der Waals surface area contributed by atoms with E-state index in [1.165, 1.54) is 5.56 Å². The van der Waals surface area contributed by atoms with Crippen molar-refractivity contribution in [2.75, 3.05) is 33.3 Å². The van der Waals surface area contributed by atoms with Crippen molar-refractivity contribution in [2.24, 2.45) is 5.92 Å². The van der Waals surface area contributed by atoms with Crippen LogP contribution in [0.3, 0.4) is 0 Å². The number of amides is 1. The Balaban J connectivity index is 1.60. The number of nitrogens with zero attached hydrogens (tertiary/aromatic N) is 1. The highest BCUT2D eigenvalue weighted by molar-refractivity contribution is 8.00. The molecule has 0 aliphatic carbocycles. The van der Waals surface area contributed by atoms with E-state index in [1.807, 2.05) is 41.3 Å². The van der Waals surface area contributed by atoms with Gasteiger partial charge in [-0.2, -0.15) is 0 Å². The third kappa shape index (κ3) is 4.36. The van der Waals surface area contributed by atoms with E-state index in [4.69, 9.17) is 18.9 Å². The Morgan fingerprint density at radius 1 is 1.17 bits per heavy atom. The van der Waals surface area contributed by atoms with Crippen LogP contribution in [0.25, 0.3) is 0 Å². The molecule has 0 N–H and O–H groups in total. The van der Waals surface area contributed by atoms with E-state index in [-0.39, 0.29) is 24.0 Å². The van der Waals surface area contributed by atoms with Gasteiger partial charge in [-0.15, -0.1) is 11.8 Å². The molecule has 0 radical (unpaired) electrons. The molecule has 1 amide bonds. The Labute approximate surface area is 180 Å². The standard InChI is InChI=1S/C23H25NO5S/c1-26-18-8-9-19(20(11-18)27-2)23-24(22(25)14-30-23)12-17(21-13-28-15-29-21)10-16-6-4-3-5-7-16/h3-9,11,13,17,23H,10,12,14-15H2,1-2H3. The van der Waals surface area contributed by atoms with Gasteiger partial charge in [0.05, 0.1) is 20.0 Å². The second-order valence-corrected chi connectivity index (χ2v) is 8.22. The average molecular weight is 428 g/mol. The largest absolute Gasteiger partial charge is 0.497 e. The van der Waals surface area contributed by atoms with Crippen LogP contribution in [-0.2, 0) is 20.7 Å². The van der Waals surface area contributed by atoms with Crippen LogP contribution < -0.4 is 9.47 Å². The Kier molecular flexibility index (Phi) is 6.38. The van der Waals surface area contributed by atoms with Crippen molar-refractivity contribution < 1.29 is 23.7 Å². The maximum absolute atomic E-state index is 12.8. The first kappa shape index (κ1) is 20.5. The maximum atomic E-state index is 12.8. The van der Waals surface area contributed by atoms with Crippen LogP contribution in [0.4, 0.5) is 0 Å². The molecule has 4 rings (SSSR count). The first-order valence-electron chi connectivity index (χ1n) is 9.81. The maximum Gasteiger partial charge on any atom is 0.233 e. The molecule has 2 unspecified atom stereocenters. The number of hydrogen-bond donors (Lipinski definition) is 0. The average Bonchev–Trinajstić information content (AvgIpc) is 3.44. The normalized spacial score (nSPS) is 19.1. The van der Waals surface area contributed by atoms with Gasteiger partial charge in [0.15, 0.2) is 0 Å². The molecule has 0 spiro atoms. The Hall–Kier alpha value is -2.80. The smallest absolute Gasteiger partial charge is 0.233 e. The van der Waals surface area contributed by atoms with Crippen molar-refractivity contribution in [1.82, 2.24) is 4.90 Å². The van der Waals surface area contributed by atoms with Gasteiger partial charge >= 0.3 is 0 Å². The van der Waals surface area contributed by atoms with Crippen LogP contribution >= 0.6 is 11.8 Å². The number of carbonyl (C=O) groups is 1. The van der Waals surface area contributed by atoms with E-state index >= 15 is 0 Å². The fourth-order valence-corrected chi connectivity index (χ4v) is 5.01. The summed E-state index contributed by atoms with van der Waals surface area (Å²) in [6.07, 6.45) is 2.43. The molecule has 2 aliphatic rings. The summed E-state index contributed by atoms with van der Waals surface area (Å²) in [5, 5.41) is -0.125. The molecule has 2 aromatic carbocycles. The van der Waals surface area contributed by atoms with Gasteiger partial charge in [-0.3, -0.25) is 4.79 Å². The molecule has 158 valence electrons. The Bertz CT molecular complexity index is 917. The second-order valence-electron chi connectivity index (χ2n) is 7.15. The highest BCUT2D eigenvalue weighted by Crippen LogP contribution is 2.44. The van der Waals surface area contributed by atoms with Crippen LogP contribution in [-0.4, -0.2) is 44.1 Å². The molecular formula is C23H25NO5S. The number of rotatable bonds is 8. The molecular weight excluding hydrogens is 402 g/mol. The zero-order chi connectivity index (χ0) is 20.9. The summed E-state index contributed by atoms with van der Waals surface area (Å²) in [5.74, 6) is 2.77. The van der Waals surface area contributed by atoms with Gasteiger partial charge < -0.3 is 23.8 Å². The topological polar surface area (TPSA) is 57.2 Å². The fourth-order valence-electron chi connectivity index (χ4n) is 3.79. The molecule has 0 saturated carbocycles. The number of benzene rings is 2. The second kappa shape index (κ2) is 9.34. The molecule has 0 aromatic heterocycles. The Morgan fingerprint density at radius 2 is 2.00 bits per heavy atom. The fraction of sp³-hybridized carbons (Fsp3) is 0.348. The predicted octanol–water partition coefficient (Wildman–Crippen LogP) is 3.98. The molecule has 30 heavy (non-hydrogen) atoms. The van der Waals surface area contributed by atoms with Gasteiger partial charge in [-0.05, 0) is 24.1 Å². The highest BCUT2D eigenvalue weighted by Gasteiger charge is 2.37. The molecule has 2 aliphatic heterocycles. The summed E-state index contributed by atoms with van der Waals surface area (Å²) in [5.41, 5.74) is 2.15. The van der Waals surface area contributed by atoms with Gasteiger partial charge in [0.1, 0.15) is 28.9 Å². The minimum atomic E-state index is -0.125. The van der Waals surface area contributed by atoms with Gasteiger partial charge in [-0.1, -0.05) is 30.3 Å². The van der Waals surface area contributed by atoms with Crippen LogP contribution in [0.15, 0.2) is 60.6 Å². The minimum Gasteiger partial charge on any atom is -0.497 e. The number of hydrogen-bond acceptors (Lipinski definition) is 6. The zero-order valence-electron chi connectivity index (χ0n) is 17.1. The third-order valence-corrected chi connectivity index (χ3v) is 6.55. The summed E-state index contributed by atoms with van der Waals surface area (Å²) < 4.78 is 21.9. The van der Waals surface area contributed by atoms with Crippen molar-refractivity contribution in [2.45, 2.75) is 11.8 Å². The lowest BCUT2D eigenvalue weighted by atomic mass is 9.96. The summed E-state index contributed by atoms with van der Waals surface area (Å²) in [6.45, 7) is 0.759. The number of thioether (sulfide) groups is 1. The first-order valence-corrected chi connectivity index (χ1v) is 10.9. The van der Waals surface area contributed by atoms with Crippen molar-refractivity contribution >= 4 is 17.7 Å². The number of ether oxygens (including phenoxy) is 4. The molecule has 2 atom stereocenters. The lowest BCUT2D eigenvalue weighted by Crippen LogP contribution is -2.35. The predicted molar refractivity (Wildman–Crippen MR) is 115 cm³/mol. The van der Waals surface area contributed by atoms with Crippen LogP contribution in [0.2, 0.25) is 0 Å². The van der Waals surface area contributed by atoms with E-state index < -0.39 is 0 Å². The molecule has 1 fully saturated rings. The monoisotopic (exact) mass is 427 g/mol. The van der Waals surface area contributed by atoms with Crippen molar-refractivity contribution in [3.63, 3.8) is 0 Å². The summed E-state index contributed by atoms with van der Waals surface area (Å²) in [6, 6.07) is 16.0. The molecule has 2 aromatic rings. The summed E-state index contributed by atoms with van der Waals surface area (Å²) >= 11 is 1.61. The molecule has 0 bridgehead atoms. The van der Waals surface area contributed by atoms with Crippen LogP contribution in [0, 0.1) is 5.92 Å². The van der Waals surface area contributed by atoms with Crippen molar-refractivity contribution in [3.05, 3.63) is 71.7 Å². The van der Waals surface area contributed by atoms with Gasteiger partial charge in [0.25, 0.3) is 0 Å². The molecule has 1 saturated heterocycles. The van der Waals surface area contributed by atoms with Gasteiger partial charge in [0.2, 0.25) is 12.7 Å². The lowest BCUT2D eigenvalue weighted by Gasteiger charge is -2.29. The first-order chi connectivity index (χ1) is 14.7. The zero-order valence-corrected chi connectivity index (χ0v) is 17.9. The van der Waals surface area contributed by atoms with E-state index in [1.54, 1.807) is 32.2 Å². The van der Waals surface area contributed by atoms with E-state index in [9.17, 15) is 4.79 Å². The minimum absolute atomic E-state index is 0.00398. The van der Waals surface area contributed by atoms with E-state index in [0.717, 1.165) is 23.5 Å². The summed E-state index contributed by atoms with van der Waals surface area (Å²) in [4.78, 5) is 14.8. The van der Waals surface area contributed by atoms with Gasteiger partial charge in [0, 0.05) is 24.1 Å². The molecule has 6 nitrogen and oxygen atoms in total. The SMILES string of the molecule is COc1ccc(C2SCC(=O)N2CC(Cc2ccccc2)C2=COCO2)c(OC)c1. The van der Waals surface area contributed by atoms with Crippen LogP contribution in [0.5, 0.6) is 11.5 Å². The van der Waals surface area contributed by atoms with E-state index in [0.29, 0.717) is 18.0 Å². The van der Waals surface area contributed by atoms with Crippen molar-refractivity contribution in [3.8, 4) is 11.5 Å². The number of methoxy groups -OCH3 is 2. The van der Waals surface area contributed by atoms with Crippen molar-refractivity contribution in [1.29, 1.82) is 0 Å². The highest BCUT2D eigenvalue weighted by atomic mass is 32.2. The lowest BCUT2D eigenvalue weighted by molar-refractivity contribution is -0.128. The van der Waals surface area contributed by atoms with Gasteiger partial charge in [-0.25, -0.2) is 0 Å².